The van der Waals surface area contributed by atoms with Crippen molar-refractivity contribution in [2.75, 3.05) is 31.6 Å². The van der Waals surface area contributed by atoms with Crippen molar-refractivity contribution in [3.63, 3.8) is 0 Å². The van der Waals surface area contributed by atoms with E-state index in [2.05, 4.69) is 80.2 Å². The van der Waals surface area contributed by atoms with Gasteiger partial charge in [-0.25, -0.2) is 14.1 Å². The number of ether oxygens (including phenoxy) is 1. The summed E-state index contributed by atoms with van der Waals surface area (Å²) in [5.41, 5.74) is 8.96. The van der Waals surface area contributed by atoms with Crippen molar-refractivity contribution in [3.05, 3.63) is 148 Å². The Bertz CT molecular complexity index is 2590. The average Bonchev–Trinajstić information content (AvgIpc) is 3.88. The molecular formula is C52H59FN8O3. The molecule has 3 saturated heterocycles. The monoisotopic (exact) mass is 862 g/mol. The third-order valence-corrected chi connectivity index (χ3v) is 13.3. The molecule has 0 aliphatic carbocycles. The molecule has 3 N–H and O–H groups in total. The molecule has 0 saturated carbocycles. The number of rotatable bonds is 15. The van der Waals surface area contributed by atoms with Crippen LogP contribution in [-0.2, 0) is 43.9 Å². The van der Waals surface area contributed by atoms with Crippen LogP contribution < -0.4 is 16.0 Å². The smallest absolute Gasteiger partial charge is 0.251 e. The highest BCUT2D eigenvalue weighted by atomic mass is 19.1. The first kappa shape index (κ1) is 43.3. The standard InChI is InChI=1S/C52H59FN8O3/c1-3-48-45(49(57-41-20-23-64-24-21-41)46-31-56-61(4-2)50(46)58-48)30-55-52(63)40-16-9-15-39(27-40)51(62)54-29-36-18-19-47(53)44(26-36)38-14-8-13-37(25-38)33-59-22-10-17-42-28-43(59)34-60(42)32-35-11-6-5-7-12-35/h5-9,11-16,18-19,25-27,31,41-43H,3-4,10,17,20-24,28-30,32-34H2,1-2H3,(H,54,62)(H,55,63)(H,57,58)/t42-,43-/m0/s1. The fraction of sp³-hybridized carbons (Fsp3) is 0.385. The molecule has 2 aromatic heterocycles. The number of nitrogens with one attached hydrogen (secondary N) is 3. The van der Waals surface area contributed by atoms with E-state index in [1.165, 1.54) is 36.5 Å². The quantitative estimate of drug-likeness (QED) is 0.0942. The Kier molecular flexibility index (Phi) is 13.4. The number of likely N-dealkylation sites (tertiary alicyclic amines) is 2. The summed E-state index contributed by atoms with van der Waals surface area (Å²) in [6, 6.07) is 32.1. The fourth-order valence-corrected chi connectivity index (χ4v) is 9.89. The van der Waals surface area contributed by atoms with Gasteiger partial charge in [0.15, 0.2) is 5.65 Å². The SMILES string of the molecule is CCc1nc2c(cnn2CC)c(NC2CCOCC2)c1CNC(=O)c1cccc(C(=O)NCc2ccc(F)c(-c3cccc(CN4CCC[C@H]5C[C@H]4CN5Cc4ccccc4)c3)c2)c1. The van der Waals surface area contributed by atoms with Crippen molar-refractivity contribution in [2.45, 2.75) is 103 Å². The van der Waals surface area contributed by atoms with E-state index in [1.54, 1.807) is 30.3 Å². The molecule has 0 spiro atoms. The van der Waals surface area contributed by atoms with Crippen LogP contribution in [-0.4, -0.2) is 80.8 Å². The van der Waals surface area contributed by atoms with Crippen LogP contribution in [0.1, 0.15) is 94.6 Å². The van der Waals surface area contributed by atoms with Gasteiger partial charge in [0.1, 0.15) is 5.82 Å². The molecule has 3 aliphatic rings. The predicted molar refractivity (Wildman–Crippen MR) is 249 cm³/mol. The lowest BCUT2D eigenvalue weighted by molar-refractivity contribution is 0.0904. The molecule has 12 heteroatoms. The van der Waals surface area contributed by atoms with E-state index in [-0.39, 0.29) is 36.8 Å². The largest absolute Gasteiger partial charge is 0.381 e. The number of benzene rings is 4. The maximum atomic E-state index is 15.5. The van der Waals surface area contributed by atoms with Crippen molar-refractivity contribution >= 4 is 28.5 Å². The highest BCUT2D eigenvalue weighted by Gasteiger charge is 2.37. The van der Waals surface area contributed by atoms with Gasteiger partial charge in [-0.3, -0.25) is 19.4 Å². The Morgan fingerprint density at radius 3 is 2.31 bits per heavy atom. The highest BCUT2D eigenvalue weighted by Crippen LogP contribution is 2.34. The molecule has 3 fully saturated rings. The van der Waals surface area contributed by atoms with E-state index in [0.29, 0.717) is 55.0 Å². The van der Waals surface area contributed by atoms with E-state index in [0.717, 1.165) is 78.1 Å². The first-order valence-electron chi connectivity index (χ1n) is 23.1. The summed E-state index contributed by atoms with van der Waals surface area (Å²) in [6.45, 7) is 10.6. The number of anilines is 1. The second-order valence-corrected chi connectivity index (χ2v) is 17.5. The van der Waals surface area contributed by atoms with Gasteiger partial charge in [0, 0.05) is 98.6 Å². The van der Waals surface area contributed by atoms with Gasteiger partial charge in [-0.2, -0.15) is 5.10 Å². The zero-order valence-electron chi connectivity index (χ0n) is 37.0. The summed E-state index contributed by atoms with van der Waals surface area (Å²) < 4.78 is 23.0. The Morgan fingerprint density at radius 1 is 0.781 bits per heavy atom. The van der Waals surface area contributed by atoms with Gasteiger partial charge in [0.25, 0.3) is 11.8 Å². The number of aromatic nitrogens is 3. The second kappa shape index (κ2) is 19.8. The number of carbonyl (C=O) groups excluding carboxylic acids is 2. The van der Waals surface area contributed by atoms with Gasteiger partial charge in [-0.1, -0.05) is 67.6 Å². The summed E-state index contributed by atoms with van der Waals surface area (Å²) in [7, 11) is 0. The molecule has 9 rings (SSSR count). The van der Waals surface area contributed by atoms with Gasteiger partial charge in [-0.15, -0.1) is 0 Å². The number of pyridine rings is 1. The summed E-state index contributed by atoms with van der Waals surface area (Å²) in [5.74, 6) is -0.924. The van der Waals surface area contributed by atoms with E-state index < -0.39 is 0 Å². The number of hydrogen-bond acceptors (Lipinski definition) is 8. The minimum absolute atomic E-state index is 0.200. The molecule has 332 valence electrons. The Morgan fingerprint density at radius 2 is 1.53 bits per heavy atom. The highest BCUT2D eigenvalue weighted by molar-refractivity contribution is 6.00. The van der Waals surface area contributed by atoms with Crippen molar-refractivity contribution in [1.29, 1.82) is 0 Å². The van der Waals surface area contributed by atoms with Crippen LogP contribution in [0.15, 0.2) is 103 Å². The van der Waals surface area contributed by atoms with E-state index in [9.17, 15) is 9.59 Å². The number of hydrogen-bond donors (Lipinski definition) is 3. The maximum absolute atomic E-state index is 15.5. The minimum atomic E-state index is -0.324. The van der Waals surface area contributed by atoms with E-state index >= 15 is 4.39 Å². The van der Waals surface area contributed by atoms with E-state index in [4.69, 9.17) is 9.72 Å². The van der Waals surface area contributed by atoms with Crippen LogP contribution in [0.2, 0.25) is 0 Å². The van der Waals surface area contributed by atoms with E-state index in [1.807, 2.05) is 36.0 Å². The molecule has 5 heterocycles. The number of aryl methyl sites for hydroxylation is 2. The molecule has 2 bridgehead atoms. The van der Waals surface area contributed by atoms with Crippen LogP contribution in [0.3, 0.4) is 0 Å². The molecule has 64 heavy (non-hydrogen) atoms. The number of halogens is 1. The minimum Gasteiger partial charge on any atom is -0.381 e. The van der Waals surface area contributed by atoms with Crippen molar-refractivity contribution < 1.29 is 18.7 Å². The summed E-state index contributed by atoms with van der Waals surface area (Å²) in [4.78, 5) is 37.5. The van der Waals surface area contributed by atoms with Crippen molar-refractivity contribution in [1.82, 2.24) is 35.2 Å². The summed E-state index contributed by atoms with van der Waals surface area (Å²) >= 11 is 0. The lowest BCUT2D eigenvalue weighted by Crippen LogP contribution is -2.39. The van der Waals surface area contributed by atoms with Gasteiger partial charge >= 0.3 is 0 Å². The van der Waals surface area contributed by atoms with Gasteiger partial charge in [0.05, 0.1) is 17.3 Å². The third kappa shape index (κ3) is 9.74. The fourth-order valence-electron chi connectivity index (χ4n) is 9.89. The number of nitrogens with zero attached hydrogens (tertiary/aromatic N) is 5. The van der Waals surface area contributed by atoms with Crippen LogP contribution in [0.4, 0.5) is 10.1 Å². The zero-order valence-corrected chi connectivity index (χ0v) is 37.0. The third-order valence-electron chi connectivity index (χ3n) is 13.3. The molecule has 0 radical (unpaired) electrons. The summed E-state index contributed by atoms with van der Waals surface area (Å²) in [6.07, 6.45) is 7.89. The molecule has 4 aromatic carbocycles. The molecule has 6 aromatic rings. The van der Waals surface area contributed by atoms with Gasteiger partial charge < -0.3 is 20.7 Å². The van der Waals surface area contributed by atoms with Crippen LogP contribution in [0, 0.1) is 5.82 Å². The zero-order chi connectivity index (χ0) is 44.0. The Balaban J connectivity index is 0.837. The van der Waals surface area contributed by atoms with Crippen LogP contribution in [0.5, 0.6) is 0 Å². The lowest BCUT2D eigenvalue weighted by atomic mass is 9.99. The maximum Gasteiger partial charge on any atom is 0.251 e. The lowest BCUT2D eigenvalue weighted by Gasteiger charge is -2.31. The number of amides is 2. The predicted octanol–water partition coefficient (Wildman–Crippen LogP) is 8.51. The molecule has 0 unspecified atom stereocenters. The normalized spacial score (nSPS) is 18.2. The Hall–Kier alpha value is -5.95. The number of carbonyl (C=O) groups is 2. The molecule has 3 aliphatic heterocycles. The first-order valence-corrected chi connectivity index (χ1v) is 23.1. The first-order chi connectivity index (χ1) is 31.3. The summed E-state index contributed by atoms with van der Waals surface area (Å²) in [5, 5.41) is 15.4. The average molecular weight is 863 g/mol. The molecule has 11 nitrogen and oxygen atoms in total. The second-order valence-electron chi connectivity index (χ2n) is 17.5. The van der Waals surface area contributed by atoms with Crippen molar-refractivity contribution in [3.8, 4) is 11.1 Å². The van der Waals surface area contributed by atoms with Gasteiger partial charge in [0.2, 0.25) is 0 Å². The molecule has 2 atom stereocenters. The topological polar surface area (TPSA) is 117 Å². The van der Waals surface area contributed by atoms with Gasteiger partial charge in [-0.05, 0) is 111 Å². The van der Waals surface area contributed by atoms with Crippen molar-refractivity contribution in [2.24, 2.45) is 0 Å². The molecule has 2 amide bonds. The number of fused-ring (bicyclic) bond motifs is 3. The Labute approximate surface area is 375 Å². The van der Waals surface area contributed by atoms with Crippen LogP contribution in [0.25, 0.3) is 22.2 Å². The molecular weight excluding hydrogens is 804 g/mol. The van der Waals surface area contributed by atoms with Crippen LogP contribution >= 0.6 is 0 Å².